The molecular weight excluding hydrogens is 302 g/mol. The highest BCUT2D eigenvalue weighted by Crippen LogP contribution is 2.25. The zero-order chi connectivity index (χ0) is 17.3. The minimum absolute atomic E-state index is 0.0298. The van der Waals surface area contributed by atoms with Crippen LogP contribution in [0.25, 0.3) is 11.0 Å². The Kier molecular flexibility index (Phi) is 4.21. The quantitative estimate of drug-likeness (QED) is 0.723. The highest BCUT2D eigenvalue weighted by molar-refractivity contribution is 5.98. The number of hydrogen-bond acceptors (Lipinski definition) is 3. The van der Waals surface area contributed by atoms with E-state index in [9.17, 15) is 9.59 Å². The van der Waals surface area contributed by atoms with Gasteiger partial charge in [-0.05, 0) is 56.2 Å². The standard InChI is InChI=1S/C20H19NO3/c1-12-7-18-16(11-24-19(18)8-13(12)2)10-20(23)21-17-6-4-5-15(9-17)14(3)22/h4-9,11H,10H2,1-3H3,(H,21,23). The number of rotatable bonds is 4. The predicted molar refractivity (Wildman–Crippen MR) is 94.5 cm³/mol. The average molecular weight is 321 g/mol. The number of nitrogens with one attached hydrogen (secondary N) is 1. The molecule has 0 radical (unpaired) electrons. The van der Waals surface area contributed by atoms with Crippen molar-refractivity contribution in [2.24, 2.45) is 0 Å². The van der Waals surface area contributed by atoms with Crippen LogP contribution in [0.4, 0.5) is 5.69 Å². The highest BCUT2D eigenvalue weighted by Gasteiger charge is 2.12. The molecule has 3 rings (SSSR count). The first-order valence-electron chi connectivity index (χ1n) is 7.82. The minimum Gasteiger partial charge on any atom is -0.464 e. The van der Waals surface area contributed by atoms with E-state index in [4.69, 9.17) is 4.42 Å². The van der Waals surface area contributed by atoms with E-state index in [2.05, 4.69) is 5.32 Å². The molecule has 0 aliphatic rings. The Morgan fingerprint density at radius 3 is 2.58 bits per heavy atom. The lowest BCUT2D eigenvalue weighted by Crippen LogP contribution is -2.14. The third-order valence-electron chi connectivity index (χ3n) is 4.17. The van der Waals surface area contributed by atoms with Crippen molar-refractivity contribution in [3.63, 3.8) is 0 Å². The minimum atomic E-state index is -0.142. The van der Waals surface area contributed by atoms with E-state index in [1.54, 1.807) is 30.5 Å². The highest BCUT2D eigenvalue weighted by atomic mass is 16.3. The van der Waals surface area contributed by atoms with Crippen molar-refractivity contribution >= 4 is 28.3 Å². The number of hydrogen-bond donors (Lipinski definition) is 1. The first kappa shape index (κ1) is 16.0. The van der Waals surface area contributed by atoms with Gasteiger partial charge in [-0.2, -0.15) is 0 Å². The summed E-state index contributed by atoms with van der Waals surface area (Å²) in [6.07, 6.45) is 1.86. The number of carbonyl (C=O) groups excluding carboxylic acids is 2. The molecule has 2 aromatic carbocycles. The van der Waals surface area contributed by atoms with Gasteiger partial charge in [0.2, 0.25) is 5.91 Å². The van der Waals surface area contributed by atoms with E-state index < -0.39 is 0 Å². The lowest BCUT2D eigenvalue weighted by molar-refractivity contribution is -0.115. The van der Waals surface area contributed by atoms with Crippen LogP contribution in [0.5, 0.6) is 0 Å². The third kappa shape index (κ3) is 3.23. The Morgan fingerprint density at radius 2 is 1.83 bits per heavy atom. The molecule has 1 aromatic heterocycles. The Balaban J connectivity index is 1.79. The predicted octanol–water partition coefficient (Wildman–Crippen LogP) is 4.43. The molecule has 0 saturated carbocycles. The smallest absolute Gasteiger partial charge is 0.228 e. The van der Waals surface area contributed by atoms with Gasteiger partial charge < -0.3 is 9.73 Å². The van der Waals surface area contributed by atoms with Crippen molar-refractivity contribution in [2.75, 3.05) is 5.32 Å². The summed E-state index contributed by atoms with van der Waals surface area (Å²) < 4.78 is 5.56. The summed E-state index contributed by atoms with van der Waals surface area (Å²) in [4.78, 5) is 23.7. The molecule has 0 unspecified atom stereocenters. The van der Waals surface area contributed by atoms with Gasteiger partial charge >= 0.3 is 0 Å². The molecule has 0 fully saturated rings. The Bertz CT molecular complexity index is 937. The van der Waals surface area contributed by atoms with E-state index in [0.29, 0.717) is 11.3 Å². The number of amides is 1. The fourth-order valence-electron chi connectivity index (χ4n) is 2.67. The van der Waals surface area contributed by atoms with E-state index in [1.807, 2.05) is 26.0 Å². The summed E-state index contributed by atoms with van der Waals surface area (Å²) in [7, 11) is 0. The molecule has 3 aromatic rings. The molecule has 0 saturated heterocycles. The van der Waals surface area contributed by atoms with Crippen LogP contribution in [0.2, 0.25) is 0 Å². The molecule has 24 heavy (non-hydrogen) atoms. The molecule has 0 spiro atoms. The monoisotopic (exact) mass is 321 g/mol. The number of benzene rings is 2. The number of aryl methyl sites for hydroxylation is 2. The summed E-state index contributed by atoms with van der Waals surface area (Å²) in [6, 6.07) is 11.0. The maximum Gasteiger partial charge on any atom is 0.228 e. The molecule has 0 atom stereocenters. The Hall–Kier alpha value is -2.88. The SMILES string of the molecule is CC(=O)c1cccc(NC(=O)Cc2coc3cc(C)c(C)cc23)c1. The van der Waals surface area contributed by atoms with E-state index in [0.717, 1.165) is 22.1 Å². The molecular formula is C20H19NO3. The van der Waals surface area contributed by atoms with Crippen molar-refractivity contribution in [3.05, 3.63) is 64.9 Å². The molecule has 1 heterocycles. The number of furan rings is 1. The van der Waals surface area contributed by atoms with Crippen LogP contribution in [-0.4, -0.2) is 11.7 Å². The zero-order valence-corrected chi connectivity index (χ0v) is 14.0. The van der Waals surface area contributed by atoms with Crippen LogP contribution in [0.15, 0.2) is 47.1 Å². The molecule has 4 nitrogen and oxygen atoms in total. The Labute approximate surface area is 140 Å². The summed E-state index contributed by atoms with van der Waals surface area (Å²) in [5.74, 6) is -0.172. The first-order chi connectivity index (χ1) is 11.4. The van der Waals surface area contributed by atoms with Crippen molar-refractivity contribution in [2.45, 2.75) is 27.2 Å². The van der Waals surface area contributed by atoms with Crippen LogP contribution < -0.4 is 5.32 Å². The molecule has 1 amide bonds. The van der Waals surface area contributed by atoms with Gasteiger partial charge in [0.1, 0.15) is 5.58 Å². The van der Waals surface area contributed by atoms with Gasteiger partial charge in [-0.1, -0.05) is 12.1 Å². The summed E-state index contributed by atoms with van der Waals surface area (Å²) in [5.41, 5.74) is 5.17. The lowest BCUT2D eigenvalue weighted by atomic mass is 10.0. The maximum absolute atomic E-state index is 12.3. The van der Waals surface area contributed by atoms with E-state index in [1.165, 1.54) is 12.5 Å². The van der Waals surface area contributed by atoms with Gasteiger partial charge in [0.25, 0.3) is 0 Å². The average Bonchev–Trinajstić information content (AvgIpc) is 2.90. The van der Waals surface area contributed by atoms with Crippen LogP contribution in [0, 0.1) is 13.8 Å². The van der Waals surface area contributed by atoms with Crippen LogP contribution in [0.1, 0.15) is 34.0 Å². The number of anilines is 1. The normalized spacial score (nSPS) is 10.8. The van der Waals surface area contributed by atoms with Crippen LogP contribution in [0.3, 0.4) is 0 Å². The summed E-state index contributed by atoms with van der Waals surface area (Å²) in [6.45, 7) is 5.58. The fourth-order valence-corrected chi connectivity index (χ4v) is 2.67. The van der Waals surface area contributed by atoms with Gasteiger partial charge in [-0.15, -0.1) is 0 Å². The summed E-state index contributed by atoms with van der Waals surface area (Å²) in [5, 5.41) is 3.80. The van der Waals surface area contributed by atoms with Crippen molar-refractivity contribution in [3.8, 4) is 0 Å². The zero-order valence-electron chi connectivity index (χ0n) is 14.0. The number of fused-ring (bicyclic) bond motifs is 1. The molecule has 0 aliphatic carbocycles. The number of Topliss-reactive ketones (excluding diaryl/α,β-unsaturated/α-hetero) is 1. The largest absolute Gasteiger partial charge is 0.464 e. The van der Waals surface area contributed by atoms with Gasteiger partial charge in [0, 0.05) is 22.2 Å². The molecule has 0 aliphatic heterocycles. The van der Waals surface area contributed by atoms with Gasteiger partial charge in [-0.25, -0.2) is 0 Å². The van der Waals surface area contributed by atoms with Crippen molar-refractivity contribution in [1.82, 2.24) is 0 Å². The second-order valence-electron chi connectivity index (χ2n) is 6.06. The summed E-state index contributed by atoms with van der Waals surface area (Å²) >= 11 is 0. The van der Waals surface area contributed by atoms with Crippen LogP contribution >= 0.6 is 0 Å². The van der Waals surface area contributed by atoms with Crippen molar-refractivity contribution < 1.29 is 14.0 Å². The second kappa shape index (κ2) is 6.32. The molecule has 0 bridgehead atoms. The third-order valence-corrected chi connectivity index (χ3v) is 4.17. The Morgan fingerprint density at radius 1 is 1.08 bits per heavy atom. The topological polar surface area (TPSA) is 59.3 Å². The van der Waals surface area contributed by atoms with Crippen LogP contribution in [-0.2, 0) is 11.2 Å². The maximum atomic E-state index is 12.3. The van der Waals surface area contributed by atoms with Gasteiger partial charge in [-0.3, -0.25) is 9.59 Å². The number of carbonyl (C=O) groups is 2. The number of ketones is 1. The first-order valence-corrected chi connectivity index (χ1v) is 7.82. The lowest BCUT2D eigenvalue weighted by Gasteiger charge is -2.06. The molecule has 4 heteroatoms. The van der Waals surface area contributed by atoms with E-state index >= 15 is 0 Å². The van der Waals surface area contributed by atoms with Crippen molar-refractivity contribution in [1.29, 1.82) is 0 Å². The molecule has 1 N–H and O–H groups in total. The van der Waals surface area contributed by atoms with Gasteiger partial charge in [0.15, 0.2) is 5.78 Å². The fraction of sp³-hybridized carbons (Fsp3) is 0.200. The van der Waals surface area contributed by atoms with Gasteiger partial charge in [0.05, 0.1) is 12.7 Å². The molecule has 122 valence electrons. The second-order valence-corrected chi connectivity index (χ2v) is 6.06. The van der Waals surface area contributed by atoms with E-state index in [-0.39, 0.29) is 18.1 Å².